The number of rotatable bonds is 5. The molecule has 2 rings (SSSR count). The van der Waals surface area contributed by atoms with Gasteiger partial charge in [-0.15, -0.1) is 0 Å². The SMILES string of the molecule is CC[C@@H](C)c1ccccc1NC(=O)c1ccc(Br)c([N+](=O)[O-])c1. The number of carbonyl (C=O) groups excluding carboxylic acids is 1. The Hall–Kier alpha value is -2.21. The number of nitro groups is 1. The summed E-state index contributed by atoms with van der Waals surface area (Å²) in [4.78, 5) is 22.9. The molecule has 0 spiro atoms. The first-order valence-electron chi connectivity index (χ1n) is 7.28. The van der Waals surface area contributed by atoms with Crippen molar-refractivity contribution < 1.29 is 9.72 Å². The molecule has 2 aromatic carbocycles. The van der Waals surface area contributed by atoms with Crippen LogP contribution in [0.25, 0.3) is 0 Å². The summed E-state index contributed by atoms with van der Waals surface area (Å²) in [6, 6.07) is 11.9. The van der Waals surface area contributed by atoms with Crippen LogP contribution < -0.4 is 5.32 Å². The first-order valence-corrected chi connectivity index (χ1v) is 8.07. The third kappa shape index (κ3) is 3.96. The molecule has 0 aliphatic rings. The zero-order chi connectivity index (χ0) is 17.0. The van der Waals surface area contributed by atoms with Crippen LogP contribution in [0.5, 0.6) is 0 Å². The Balaban J connectivity index is 2.30. The molecule has 5 nitrogen and oxygen atoms in total. The number of hydrogen-bond donors (Lipinski definition) is 1. The zero-order valence-corrected chi connectivity index (χ0v) is 14.5. The van der Waals surface area contributed by atoms with E-state index in [4.69, 9.17) is 0 Å². The highest BCUT2D eigenvalue weighted by Crippen LogP contribution is 2.28. The van der Waals surface area contributed by atoms with Crippen LogP contribution >= 0.6 is 15.9 Å². The van der Waals surface area contributed by atoms with Crippen molar-refractivity contribution in [2.24, 2.45) is 0 Å². The maximum absolute atomic E-state index is 12.4. The summed E-state index contributed by atoms with van der Waals surface area (Å²) in [5.41, 5.74) is 1.90. The van der Waals surface area contributed by atoms with Gasteiger partial charge in [-0.3, -0.25) is 14.9 Å². The van der Waals surface area contributed by atoms with Gasteiger partial charge < -0.3 is 5.32 Å². The third-order valence-corrected chi connectivity index (χ3v) is 4.43. The van der Waals surface area contributed by atoms with Gasteiger partial charge >= 0.3 is 0 Å². The maximum atomic E-state index is 12.4. The van der Waals surface area contributed by atoms with Crippen LogP contribution in [-0.4, -0.2) is 10.8 Å². The fourth-order valence-corrected chi connectivity index (χ4v) is 2.64. The molecule has 0 heterocycles. The summed E-state index contributed by atoms with van der Waals surface area (Å²) >= 11 is 3.11. The number of nitrogens with one attached hydrogen (secondary N) is 1. The Kier molecular flexibility index (Phi) is 5.50. The van der Waals surface area contributed by atoms with E-state index in [9.17, 15) is 14.9 Å². The maximum Gasteiger partial charge on any atom is 0.284 e. The molecule has 0 saturated heterocycles. The zero-order valence-electron chi connectivity index (χ0n) is 12.9. The average Bonchev–Trinajstić information content (AvgIpc) is 2.54. The molecule has 1 N–H and O–H groups in total. The predicted molar refractivity (Wildman–Crippen MR) is 93.9 cm³/mol. The van der Waals surface area contributed by atoms with E-state index in [0.29, 0.717) is 10.4 Å². The number of halogens is 1. The van der Waals surface area contributed by atoms with Crippen LogP contribution in [0.1, 0.15) is 42.1 Å². The van der Waals surface area contributed by atoms with Gasteiger partial charge in [0, 0.05) is 17.3 Å². The van der Waals surface area contributed by atoms with Gasteiger partial charge in [-0.25, -0.2) is 0 Å². The van der Waals surface area contributed by atoms with E-state index >= 15 is 0 Å². The minimum atomic E-state index is -0.520. The lowest BCUT2D eigenvalue weighted by Gasteiger charge is -2.15. The summed E-state index contributed by atoms with van der Waals surface area (Å²) < 4.78 is 0.346. The Bertz CT molecular complexity index is 746. The first kappa shape index (κ1) is 17.1. The molecule has 0 fully saturated rings. The molecule has 0 radical (unpaired) electrons. The highest BCUT2D eigenvalue weighted by Gasteiger charge is 2.17. The monoisotopic (exact) mass is 376 g/mol. The summed E-state index contributed by atoms with van der Waals surface area (Å²) in [5.74, 6) is -0.0536. The van der Waals surface area contributed by atoms with Gasteiger partial charge in [0.15, 0.2) is 0 Å². The molecule has 1 atom stereocenters. The second-order valence-corrected chi connectivity index (χ2v) is 6.13. The summed E-state index contributed by atoms with van der Waals surface area (Å²) in [7, 11) is 0. The van der Waals surface area contributed by atoms with Gasteiger partial charge in [-0.2, -0.15) is 0 Å². The fraction of sp³-hybridized carbons (Fsp3) is 0.235. The van der Waals surface area contributed by atoms with Crippen molar-refractivity contribution in [3.05, 3.63) is 68.2 Å². The van der Waals surface area contributed by atoms with Crippen LogP contribution in [0.3, 0.4) is 0 Å². The molecule has 1 amide bonds. The minimum Gasteiger partial charge on any atom is -0.322 e. The summed E-state index contributed by atoms with van der Waals surface area (Å²) in [6.45, 7) is 4.18. The molecule has 6 heteroatoms. The molecule has 0 saturated carbocycles. The van der Waals surface area contributed by atoms with Crippen LogP contribution in [0.2, 0.25) is 0 Å². The Morgan fingerprint density at radius 1 is 1.30 bits per heavy atom. The van der Waals surface area contributed by atoms with E-state index < -0.39 is 4.92 Å². The van der Waals surface area contributed by atoms with Crippen molar-refractivity contribution in [3.63, 3.8) is 0 Å². The average molecular weight is 377 g/mol. The van der Waals surface area contributed by atoms with Crippen LogP contribution in [0.15, 0.2) is 46.9 Å². The number of anilines is 1. The van der Waals surface area contributed by atoms with E-state index in [1.807, 2.05) is 24.3 Å². The van der Waals surface area contributed by atoms with Gasteiger partial charge in [0.1, 0.15) is 0 Å². The van der Waals surface area contributed by atoms with Crippen LogP contribution in [0.4, 0.5) is 11.4 Å². The second kappa shape index (κ2) is 7.37. The quantitative estimate of drug-likeness (QED) is 0.580. The minimum absolute atomic E-state index is 0.132. The highest BCUT2D eigenvalue weighted by molar-refractivity contribution is 9.10. The topological polar surface area (TPSA) is 72.2 Å². The lowest BCUT2D eigenvalue weighted by Crippen LogP contribution is -2.14. The molecular formula is C17H17BrN2O3. The van der Waals surface area contributed by atoms with Crippen LogP contribution in [0, 0.1) is 10.1 Å². The van der Waals surface area contributed by atoms with Gasteiger partial charge in [0.25, 0.3) is 11.6 Å². The molecule has 0 bridgehead atoms. The van der Waals surface area contributed by atoms with E-state index in [0.717, 1.165) is 17.7 Å². The van der Waals surface area contributed by atoms with Crippen molar-refractivity contribution >= 4 is 33.2 Å². The Morgan fingerprint density at radius 3 is 2.65 bits per heavy atom. The molecule has 2 aromatic rings. The number of benzene rings is 2. The molecule has 0 aliphatic carbocycles. The Labute approximate surface area is 143 Å². The van der Waals surface area contributed by atoms with E-state index in [2.05, 4.69) is 35.1 Å². The lowest BCUT2D eigenvalue weighted by molar-refractivity contribution is -0.385. The van der Waals surface area contributed by atoms with E-state index in [1.165, 1.54) is 12.1 Å². The number of hydrogen-bond acceptors (Lipinski definition) is 3. The van der Waals surface area contributed by atoms with E-state index in [-0.39, 0.29) is 17.2 Å². The van der Waals surface area contributed by atoms with Crippen molar-refractivity contribution in [2.45, 2.75) is 26.2 Å². The van der Waals surface area contributed by atoms with Gasteiger partial charge in [0.05, 0.1) is 9.40 Å². The summed E-state index contributed by atoms with van der Waals surface area (Å²) in [6.07, 6.45) is 0.955. The third-order valence-electron chi connectivity index (χ3n) is 3.76. The van der Waals surface area contributed by atoms with Gasteiger partial charge in [-0.1, -0.05) is 32.0 Å². The van der Waals surface area contributed by atoms with Crippen molar-refractivity contribution in [1.29, 1.82) is 0 Å². The van der Waals surface area contributed by atoms with Crippen molar-refractivity contribution in [2.75, 3.05) is 5.32 Å². The van der Waals surface area contributed by atoms with Gasteiger partial charge in [0.2, 0.25) is 0 Å². The second-order valence-electron chi connectivity index (χ2n) is 5.27. The molecule has 0 unspecified atom stereocenters. The molecular weight excluding hydrogens is 360 g/mol. The van der Waals surface area contributed by atoms with Crippen molar-refractivity contribution in [3.8, 4) is 0 Å². The molecule has 0 aromatic heterocycles. The molecule has 0 aliphatic heterocycles. The predicted octanol–water partition coefficient (Wildman–Crippen LogP) is 5.12. The Morgan fingerprint density at radius 2 is 2.00 bits per heavy atom. The summed E-state index contributed by atoms with van der Waals surface area (Å²) in [5, 5.41) is 13.8. The lowest BCUT2D eigenvalue weighted by atomic mass is 9.97. The highest BCUT2D eigenvalue weighted by atomic mass is 79.9. The standard InChI is InChI=1S/C17H17BrN2O3/c1-3-11(2)13-6-4-5-7-15(13)19-17(21)12-8-9-14(18)16(10-12)20(22)23/h4-11H,3H2,1-2H3,(H,19,21)/t11-/m1/s1. The number of carbonyl (C=O) groups is 1. The van der Waals surface area contributed by atoms with E-state index in [1.54, 1.807) is 6.07 Å². The van der Waals surface area contributed by atoms with Gasteiger partial charge in [-0.05, 0) is 52.0 Å². The smallest absolute Gasteiger partial charge is 0.284 e. The van der Waals surface area contributed by atoms with Crippen molar-refractivity contribution in [1.82, 2.24) is 0 Å². The fourth-order valence-electron chi connectivity index (χ4n) is 2.25. The number of para-hydroxylation sites is 1. The number of nitrogens with zero attached hydrogens (tertiary/aromatic N) is 1. The normalized spacial score (nSPS) is 11.8. The number of nitro benzene ring substituents is 1. The number of amides is 1. The first-order chi connectivity index (χ1) is 10.9. The largest absolute Gasteiger partial charge is 0.322 e. The molecule has 23 heavy (non-hydrogen) atoms. The molecule has 120 valence electrons. The van der Waals surface area contributed by atoms with Crippen LogP contribution in [-0.2, 0) is 0 Å².